The molecule has 0 radical (unpaired) electrons. The molecule has 1 aromatic rings. The smallest absolute Gasteiger partial charge is 0.130 e. The molecular formula is C14H16FNO. The first-order valence-corrected chi connectivity index (χ1v) is 6.10. The highest BCUT2D eigenvalue weighted by Crippen LogP contribution is 2.35. The number of nitrogens with zero attached hydrogens (tertiary/aromatic N) is 1. The van der Waals surface area contributed by atoms with E-state index in [2.05, 4.69) is 0 Å². The minimum absolute atomic E-state index is 0.159. The van der Waals surface area contributed by atoms with E-state index in [1.54, 1.807) is 6.07 Å². The van der Waals surface area contributed by atoms with Crippen LogP contribution in [0.25, 0.3) is 0 Å². The summed E-state index contributed by atoms with van der Waals surface area (Å²) in [6.07, 6.45) is 4.61. The SMILES string of the molecule is N#Cc1ccc(C(O)C2CCCCC2)c(F)c1. The van der Waals surface area contributed by atoms with Gasteiger partial charge in [0, 0.05) is 5.56 Å². The van der Waals surface area contributed by atoms with Crippen molar-refractivity contribution in [3.05, 3.63) is 35.1 Å². The molecule has 0 heterocycles. The zero-order chi connectivity index (χ0) is 12.3. The zero-order valence-electron chi connectivity index (χ0n) is 9.69. The molecule has 0 spiro atoms. The second kappa shape index (κ2) is 5.29. The van der Waals surface area contributed by atoms with Gasteiger partial charge in [0.2, 0.25) is 0 Å². The summed E-state index contributed by atoms with van der Waals surface area (Å²) in [5.41, 5.74) is 0.623. The molecule has 1 fully saturated rings. The summed E-state index contributed by atoms with van der Waals surface area (Å²) in [5.74, 6) is -0.312. The van der Waals surface area contributed by atoms with Gasteiger partial charge in [-0.15, -0.1) is 0 Å². The Labute approximate surface area is 101 Å². The fraction of sp³-hybridized carbons (Fsp3) is 0.500. The van der Waals surface area contributed by atoms with Crippen LogP contribution in [0.15, 0.2) is 18.2 Å². The van der Waals surface area contributed by atoms with E-state index in [4.69, 9.17) is 5.26 Å². The lowest BCUT2D eigenvalue weighted by atomic mass is 9.82. The van der Waals surface area contributed by atoms with Gasteiger partial charge in [-0.3, -0.25) is 0 Å². The second-order valence-corrected chi connectivity index (χ2v) is 4.69. The van der Waals surface area contributed by atoms with Crippen LogP contribution in [0.2, 0.25) is 0 Å². The highest BCUT2D eigenvalue weighted by atomic mass is 19.1. The number of nitriles is 1. The summed E-state index contributed by atoms with van der Waals surface area (Å²) in [6, 6.07) is 6.18. The quantitative estimate of drug-likeness (QED) is 0.851. The van der Waals surface area contributed by atoms with Crippen molar-refractivity contribution in [2.24, 2.45) is 5.92 Å². The monoisotopic (exact) mass is 233 g/mol. The third-order valence-corrected chi connectivity index (χ3v) is 3.54. The third-order valence-electron chi connectivity index (χ3n) is 3.54. The number of benzene rings is 1. The molecule has 3 heteroatoms. The summed E-state index contributed by atoms with van der Waals surface area (Å²) < 4.78 is 13.7. The number of aliphatic hydroxyl groups is 1. The van der Waals surface area contributed by atoms with Gasteiger partial charge in [-0.05, 0) is 30.9 Å². The molecule has 0 saturated heterocycles. The van der Waals surface area contributed by atoms with Crippen molar-refractivity contribution < 1.29 is 9.50 Å². The van der Waals surface area contributed by atoms with Crippen molar-refractivity contribution in [2.45, 2.75) is 38.2 Å². The van der Waals surface area contributed by atoms with Crippen LogP contribution in [0.1, 0.15) is 49.3 Å². The molecule has 1 aliphatic carbocycles. The van der Waals surface area contributed by atoms with Crippen LogP contribution in [0.5, 0.6) is 0 Å². The van der Waals surface area contributed by atoms with E-state index in [0.717, 1.165) is 25.7 Å². The average Bonchev–Trinajstić information content (AvgIpc) is 2.39. The van der Waals surface area contributed by atoms with Crippen molar-refractivity contribution >= 4 is 0 Å². The van der Waals surface area contributed by atoms with Crippen LogP contribution in [-0.2, 0) is 0 Å². The third kappa shape index (κ3) is 2.65. The van der Waals surface area contributed by atoms with Gasteiger partial charge in [-0.2, -0.15) is 5.26 Å². The van der Waals surface area contributed by atoms with Gasteiger partial charge in [0.05, 0.1) is 17.7 Å². The first kappa shape index (κ1) is 12.1. The molecule has 1 N–H and O–H groups in total. The largest absolute Gasteiger partial charge is 0.388 e. The molecule has 2 nitrogen and oxygen atoms in total. The molecular weight excluding hydrogens is 217 g/mol. The molecule has 1 atom stereocenters. The Bertz CT molecular complexity index is 432. The summed E-state index contributed by atoms with van der Waals surface area (Å²) in [7, 11) is 0. The highest BCUT2D eigenvalue weighted by Gasteiger charge is 2.25. The normalized spacial score (nSPS) is 18.6. The molecule has 0 aliphatic heterocycles. The maximum Gasteiger partial charge on any atom is 0.130 e. The number of halogens is 1. The summed E-state index contributed by atoms with van der Waals surface area (Å²) in [5, 5.41) is 18.8. The van der Waals surface area contributed by atoms with Gasteiger partial charge in [-0.1, -0.05) is 25.3 Å². The van der Waals surface area contributed by atoms with Gasteiger partial charge in [0.1, 0.15) is 5.82 Å². The lowest BCUT2D eigenvalue weighted by Crippen LogP contribution is -2.17. The minimum Gasteiger partial charge on any atom is -0.388 e. The Kier molecular flexibility index (Phi) is 3.75. The van der Waals surface area contributed by atoms with Crippen LogP contribution >= 0.6 is 0 Å². The fourth-order valence-electron chi connectivity index (χ4n) is 2.54. The Balaban J connectivity index is 2.18. The lowest BCUT2D eigenvalue weighted by molar-refractivity contribution is 0.0816. The van der Waals surface area contributed by atoms with Gasteiger partial charge >= 0.3 is 0 Å². The van der Waals surface area contributed by atoms with E-state index in [1.165, 1.54) is 18.6 Å². The summed E-state index contributed by atoms with van der Waals surface area (Å²) >= 11 is 0. The van der Waals surface area contributed by atoms with Crippen molar-refractivity contribution in [1.82, 2.24) is 0 Å². The molecule has 1 unspecified atom stereocenters. The first-order chi connectivity index (χ1) is 8.22. The van der Waals surface area contributed by atoms with Crippen molar-refractivity contribution in [2.75, 3.05) is 0 Å². The molecule has 0 aromatic heterocycles. The van der Waals surface area contributed by atoms with E-state index < -0.39 is 11.9 Å². The maximum absolute atomic E-state index is 13.7. The number of rotatable bonds is 2. The standard InChI is InChI=1S/C14H16FNO/c15-13-8-10(9-16)6-7-12(13)14(17)11-4-2-1-3-5-11/h6-8,11,14,17H,1-5H2. The molecule has 1 aliphatic rings. The van der Waals surface area contributed by atoms with Crippen LogP contribution in [0.4, 0.5) is 4.39 Å². The minimum atomic E-state index is -0.733. The van der Waals surface area contributed by atoms with Gasteiger partial charge in [0.15, 0.2) is 0 Å². The second-order valence-electron chi connectivity index (χ2n) is 4.69. The molecule has 17 heavy (non-hydrogen) atoms. The predicted molar refractivity (Wildman–Crippen MR) is 62.6 cm³/mol. The molecule has 2 rings (SSSR count). The van der Waals surface area contributed by atoms with Crippen LogP contribution in [-0.4, -0.2) is 5.11 Å². The van der Waals surface area contributed by atoms with Crippen LogP contribution in [0.3, 0.4) is 0 Å². The Morgan fingerprint density at radius 3 is 2.59 bits per heavy atom. The van der Waals surface area contributed by atoms with Crippen molar-refractivity contribution in [3.8, 4) is 6.07 Å². The molecule has 90 valence electrons. The summed E-state index contributed by atoms with van der Waals surface area (Å²) in [6.45, 7) is 0. The van der Waals surface area contributed by atoms with E-state index in [1.807, 2.05) is 6.07 Å². The molecule has 1 saturated carbocycles. The first-order valence-electron chi connectivity index (χ1n) is 6.10. The van der Waals surface area contributed by atoms with Gasteiger partial charge in [0.25, 0.3) is 0 Å². The molecule has 1 aromatic carbocycles. The van der Waals surface area contributed by atoms with Crippen molar-refractivity contribution in [3.63, 3.8) is 0 Å². The van der Waals surface area contributed by atoms with Crippen molar-refractivity contribution in [1.29, 1.82) is 5.26 Å². The van der Waals surface area contributed by atoms with E-state index in [9.17, 15) is 9.50 Å². The number of hydrogen-bond acceptors (Lipinski definition) is 2. The average molecular weight is 233 g/mol. The van der Waals surface area contributed by atoms with E-state index in [-0.39, 0.29) is 5.92 Å². The van der Waals surface area contributed by atoms with Gasteiger partial charge < -0.3 is 5.11 Å². The van der Waals surface area contributed by atoms with Gasteiger partial charge in [-0.25, -0.2) is 4.39 Å². The topological polar surface area (TPSA) is 44.0 Å². The highest BCUT2D eigenvalue weighted by molar-refractivity contribution is 5.33. The maximum atomic E-state index is 13.7. The predicted octanol–water partition coefficient (Wildman–Crippen LogP) is 3.31. The molecule has 0 bridgehead atoms. The Morgan fingerprint density at radius 2 is 2.00 bits per heavy atom. The Hall–Kier alpha value is -1.40. The zero-order valence-corrected chi connectivity index (χ0v) is 9.69. The summed E-state index contributed by atoms with van der Waals surface area (Å²) in [4.78, 5) is 0. The van der Waals surface area contributed by atoms with E-state index in [0.29, 0.717) is 11.1 Å². The van der Waals surface area contributed by atoms with Crippen LogP contribution in [0, 0.1) is 23.1 Å². The van der Waals surface area contributed by atoms with E-state index >= 15 is 0 Å². The Morgan fingerprint density at radius 1 is 1.29 bits per heavy atom. The fourth-order valence-corrected chi connectivity index (χ4v) is 2.54. The lowest BCUT2D eigenvalue weighted by Gasteiger charge is -2.27. The number of hydrogen-bond donors (Lipinski definition) is 1. The number of aliphatic hydroxyl groups excluding tert-OH is 1. The molecule has 0 amide bonds. The van der Waals surface area contributed by atoms with Crippen LogP contribution < -0.4 is 0 Å².